The Hall–Kier alpha value is -2.81. The molecule has 0 aliphatic heterocycles. The molecule has 0 heterocycles. The molecule has 0 spiro atoms. The molecule has 1 aromatic carbocycles. The van der Waals surface area contributed by atoms with E-state index in [9.17, 15) is 23.5 Å². The van der Waals surface area contributed by atoms with E-state index in [0.29, 0.717) is 17.7 Å². The van der Waals surface area contributed by atoms with Gasteiger partial charge in [0.1, 0.15) is 7.05 Å². The second-order valence-electron chi connectivity index (χ2n) is 7.23. The van der Waals surface area contributed by atoms with Crippen molar-refractivity contribution in [1.29, 1.82) is 0 Å². The average Bonchev–Trinajstić information content (AvgIpc) is 2.63. The van der Waals surface area contributed by atoms with Crippen molar-refractivity contribution in [1.82, 2.24) is 5.32 Å². The van der Waals surface area contributed by atoms with Gasteiger partial charge in [-0.15, -0.1) is 0 Å². The minimum Gasteiger partial charge on any atom is -0.481 e. The molecule has 7 nitrogen and oxygen atoms in total. The second kappa shape index (κ2) is 10.7. The third-order valence-corrected chi connectivity index (χ3v) is 4.37. The maximum atomic E-state index is 14.6. The molecule has 0 aromatic heterocycles. The first kappa shape index (κ1) is 24.2. The third kappa shape index (κ3) is 6.63. The zero-order valence-corrected chi connectivity index (χ0v) is 17.1. The van der Waals surface area contributed by atoms with Gasteiger partial charge in [-0.1, -0.05) is 13.8 Å². The molecular weight excluding hydrogens is 382 g/mol. The Morgan fingerprint density at radius 1 is 1.31 bits per heavy atom. The number of nitrogens with two attached hydrogens (primary N) is 2. The van der Waals surface area contributed by atoms with Crippen LogP contribution in [0.25, 0.3) is 0 Å². The van der Waals surface area contributed by atoms with Crippen LogP contribution in [-0.2, 0) is 9.59 Å². The minimum absolute atomic E-state index is 0.130. The molecule has 0 aliphatic rings. The molecular formula is C20H29F2N4O3+. The van der Waals surface area contributed by atoms with E-state index in [1.165, 1.54) is 12.3 Å². The van der Waals surface area contributed by atoms with Gasteiger partial charge in [0.15, 0.2) is 11.6 Å². The number of hydrogen-bond donors (Lipinski definition) is 5. The summed E-state index contributed by atoms with van der Waals surface area (Å²) in [6, 6.07) is 0.0677. The highest BCUT2D eigenvalue weighted by Gasteiger charge is 2.27. The van der Waals surface area contributed by atoms with E-state index >= 15 is 0 Å². The predicted molar refractivity (Wildman–Crippen MR) is 106 cm³/mol. The van der Waals surface area contributed by atoms with Gasteiger partial charge < -0.3 is 21.9 Å². The number of amides is 1. The summed E-state index contributed by atoms with van der Waals surface area (Å²) in [7, 11) is 1.59. The van der Waals surface area contributed by atoms with Crippen molar-refractivity contribution in [2.24, 2.45) is 17.4 Å². The van der Waals surface area contributed by atoms with Crippen LogP contribution >= 0.6 is 0 Å². The Kier molecular flexibility index (Phi) is 8.90. The lowest BCUT2D eigenvalue weighted by Crippen LogP contribution is -2.68. The van der Waals surface area contributed by atoms with Gasteiger partial charge in [0.2, 0.25) is 11.6 Å². The smallest absolute Gasteiger partial charge is 0.305 e. The number of carboxylic acid groups (broad SMARTS) is 1. The van der Waals surface area contributed by atoms with Gasteiger partial charge in [-0.2, -0.15) is 0 Å². The van der Waals surface area contributed by atoms with Crippen LogP contribution in [0.5, 0.6) is 0 Å². The lowest BCUT2D eigenvalue weighted by molar-refractivity contribution is -0.418. The molecule has 0 radical (unpaired) electrons. The van der Waals surface area contributed by atoms with Crippen LogP contribution in [-0.4, -0.2) is 35.8 Å². The standard InChI is InChI=1S/C20H28F2N4O3/c1-10(2)5-15(24)20(29)26-16(8-17(27)28)13-6-12(7-14(21)18(13)22)19(25-4)11(3)9-23/h6-7,9-10,15-16H,5,8,23-24H2,1-4H3,(H,26,29)(H,27,28)/p+1/b11-9-,25-19?/t15-,16-/m0/s1. The molecule has 0 unspecified atom stereocenters. The van der Waals surface area contributed by atoms with Crippen LogP contribution in [0.15, 0.2) is 23.9 Å². The summed E-state index contributed by atoms with van der Waals surface area (Å²) in [4.78, 5) is 26.5. The number of nitrogens with one attached hydrogen (secondary N) is 2. The van der Waals surface area contributed by atoms with E-state index in [1.807, 2.05) is 13.8 Å². The fourth-order valence-corrected chi connectivity index (χ4v) is 2.97. The molecule has 0 saturated heterocycles. The second-order valence-corrected chi connectivity index (χ2v) is 7.23. The summed E-state index contributed by atoms with van der Waals surface area (Å²) in [5, 5.41) is 11.7. The van der Waals surface area contributed by atoms with Gasteiger partial charge in [-0.3, -0.25) is 9.59 Å². The van der Waals surface area contributed by atoms with Crippen LogP contribution in [0.2, 0.25) is 0 Å². The summed E-state index contributed by atoms with van der Waals surface area (Å²) in [5.74, 6) is -4.20. The quantitative estimate of drug-likeness (QED) is 0.374. The number of rotatable bonds is 9. The molecule has 29 heavy (non-hydrogen) atoms. The van der Waals surface area contributed by atoms with Crippen molar-refractivity contribution in [3.8, 4) is 0 Å². The maximum Gasteiger partial charge on any atom is 0.305 e. The van der Waals surface area contributed by atoms with Crippen molar-refractivity contribution in [2.75, 3.05) is 7.05 Å². The molecule has 0 aliphatic carbocycles. The number of aliphatic carboxylic acids is 1. The van der Waals surface area contributed by atoms with Gasteiger partial charge in [-0.05, 0) is 31.4 Å². The SMILES string of the molecule is C[NH+]=C(/C(C)=C\N)c1cc(F)c(F)c([C@H](CC(=O)O)NC(=O)[C@@H](N)CC(C)C)c1. The molecule has 1 rings (SSSR count). The first-order valence-electron chi connectivity index (χ1n) is 9.22. The Bertz CT molecular complexity index is 822. The third-order valence-electron chi connectivity index (χ3n) is 4.37. The van der Waals surface area contributed by atoms with Crippen molar-refractivity contribution < 1.29 is 28.5 Å². The Labute approximate surface area is 168 Å². The zero-order valence-electron chi connectivity index (χ0n) is 17.1. The van der Waals surface area contributed by atoms with Crippen LogP contribution in [0, 0.1) is 17.6 Å². The highest BCUT2D eigenvalue weighted by Crippen LogP contribution is 2.25. The van der Waals surface area contributed by atoms with Crippen molar-refractivity contribution in [2.45, 2.75) is 45.7 Å². The zero-order chi connectivity index (χ0) is 22.3. The number of carbonyl (C=O) groups is 2. The minimum atomic E-state index is -1.30. The molecule has 1 aromatic rings. The van der Waals surface area contributed by atoms with Gasteiger partial charge in [0.05, 0.1) is 18.5 Å². The average molecular weight is 411 g/mol. The first-order chi connectivity index (χ1) is 13.5. The van der Waals surface area contributed by atoms with Crippen LogP contribution in [0.1, 0.15) is 50.8 Å². The number of allylic oxidation sites excluding steroid dienone is 1. The molecule has 0 fully saturated rings. The number of benzene rings is 1. The van der Waals surface area contributed by atoms with E-state index in [1.54, 1.807) is 14.0 Å². The lowest BCUT2D eigenvalue weighted by Gasteiger charge is -2.22. The van der Waals surface area contributed by atoms with Gasteiger partial charge in [0.25, 0.3) is 0 Å². The number of hydrogen-bond acceptors (Lipinski definition) is 4. The fourth-order valence-electron chi connectivity index (χ4n) is 2.97. The van der Waals surface area contributed by atoms with E-state index in [2.05, 4.69) is 10.3 Å². The molecule has 1 amide bonds. The van der Waals surface area contributed by atoms with Crippen molar-refractivity contribution >= 4 is 17.6 Å². The van der Waals surface area contributed by atoms with Crippen molar-refractivity contribution in [3.05, 3.63) is 46.7 Å². The molecule has 2 atom stereocenters. The highest BCUT2D eigenvalue weighted by molar-refractivity contribution is 6.08. The first-order valence-corrected chi connectivity index (χ1v) is 9.22. The van der Waals surface area contributed by atoms with Crippen LogP contribution < -0.4 is 21.8 Å². The highest BCUT2D eigenvalue weighted by atomic mass is 19.2. The topological polar surface area (TPSA) is 132 Å². The Balaban J connectivity index is 3.41. The van der Waals surface area contributed by atoms with Crippen molar-refractivity contribution in [3.63, 3.8) is 0 Å². The number of halogens is 2. The van der Waals surface area contributed by atoms with E-state index in [0.717, 1.165) is 6.07 Å². The van der Waals surface area contributed by atoms with E-state index in [-0.39, 0.29) is 17.0 Å². The van der Waals surface area contributed by atoms with Gasteiger partial charge >= 0.3 is 5.97 Å². The predicted octanol–water partition coefficient (Wildman–Crippen LogP) is 0.332. The van der Waals surface area contributed by atoms with Gasteiger partial charge in [-0.25, -0.2) is 13.8 Å². The number of carboxylic acids is 1. The summed E-state index contributed by atoms with van der Waals surface area (Å²) >= 11 is 0. The molecule has 160 valence electrons. The lowest BCUT2D eigenvalue weighted by atomic mass is 9.95. The van der Waals surface area contributed by atoms with E-state index < -0.39 is 42.0 Å². The normalized spacial score (nSPS) is 14.6. The molecule has 0 bridgehead atoms. The van der Waals surface area contributed by atoms with E-state index in [4.69, 9.17) is 11.5 Å². The monoisotopic (exact) mass is 411 g/mol. The van der Waals surface area contributed by atoms with Crippen LogP contribution in [0.3, 0.4) is 0 Å². The van der Waals surface area contributed by atoms with Crippen LogP contribution in [0.4, 0.5) is 8.78 Å². The summed E-state index contributed by atoms with van der Waals surface area (Å²) < 4.78 is 28.9. The molecule has 0 saturated carbocycles. The van der Waals surface area contributed by atoms with Gasteiger partial charge in [0, 0.05) is 22.9 Å². The summed E-state index contributed by atoms with van der Waals surface area (Å²) in [6.07, 6.45) is 1.02. The molecule has 9 heteroatoms. The largest absolute Gasteiger partial charge is 0.481 e. The summed E-state index contributed by atoms with van der Waals surface area (Å²) in [6.45, 7) is 5.43. The number of carbonyl (C=O) groups excluding carboxylic acids is 1. The Morgan fingerprint density at radius 3 is 2.41 bits per heavy atom. The summed E-state index contributed by atoms with van der Waals surface area (Å²) in [5.41, 5.74) is 12.3. The fraction of sp³-hybridized carbons (Fsp3) is 0.450. The molecule has 7 N–H and O–H groups in total. The maximum absolute atomic E-state index is 14.6. The Morgan fingerprint density at radius 2 is 1.93 bits per heavy atom.